The van der Waals surface area contributed by atoms with Crippen LogP contribution in [0.4, 0.5) is 11.5 Å². The van der Waals surface area contributed by atoms with Gasteiger partial charge >= 0.3 is 0 Å². The number of carbonyl (C=O) groups is 1. The van der Waals surface area contributed by atoms with Gasteiger partial charge in [-0.2, -0.15) is 0 Å². The minimum atomic E-state index is -0.0794. The van der Waals surface area contributed by atoms with Crippen molar-refractivity contribution in [3.63, 3.8) is 0 Å². The second-order valence-corrected chi connectivity index (χ2v) is 9.70. The fourth-order valence-corrected chi connectivity index (χ4v) is 5.25. The molecule has 0 saturated carbocycles. The average molecular weight is 477 g/mol. The first-order valence-electron chi connectivity index (χ1n) is 12.6. The summed E-state index contributed by atoms with van der Waals surface area (Å²) >= 11 is 0. The fraction of sp³-hybridized carbons (Fsp3) is 0.500. The molecular weight excluding hydrogens is 440 g/mol. The lowest BCUT2D eigenvalue weighted by atomic mass is 10.0. The highest BCUT2D eigenvalue weighted by molar-refractivity contribution is 5.98. The summed E-state index contributed by atoms with van der Waals surface area (Å²) < 4.78 is 1.80. The van der Waals surface area contributed by atoms with Crippen molar-refractivity contribution >= 4 is 28.3 Å². The number of piperazine rings is 1. The molecule has 2 aliphatic heterocycles. The predicted octanol–water partition coefficient (Wildman–Crippen LogP) is 2.61. The largest absolute Gasteiger partial charge is 0.370 e. The van der Waals surface area contributed by atoms with Crippen LogP contribution in [-0.4, -0.2) is 101 Å². The Hall–Kier alpha value is -3.17. The number of fused-ring (bicyclic) bond motifs is 1. The Kier molecular flexibility index (Phi) is 6.88. The van der Waals surface area contributed by atoms with Crippen LogP contribution >= 0.6 is 0 Å². The number of pyridine rings is 2. The van der Waals surface area contributed by atoms with E-state index in [9.17, 15) is 4.79 Å². The molecule has 9 nitrogen and oxygen atoms in total. The van der Waals surface area contributed by atoms with E-state index in [2.05, 4.69) is 43.1 Å². The maximum Gasteiger partial charge on any atom is 0.271 e. The van der Waals surface area contributed by atoms with Crippen molar-refractivity contribution in [1.82, 2.24) is 29.3 Å². The van der Waals surface area contributed by atoms with Gasteiger partial charge in [-0.05, 0) is 43.7 Å². The van der Waals surface area contributed by atoms with Gasteiger partial charge in [-0.25, -0.2) is 9.66 Å². The highest BCUT2D eigenvalue weighted by Crippen LogP contribution is 2.25. The molecule has 2 aliphatic rings. The first kappa shape index (κ1) is 23.6. The molecule has 186 valence electrons. The molecule has 2 fully saturated rings. The zero-order chi connectivity index (χ0) is 24.4. The second kappa shape index (κ2) is 10.2. The van der Waals surface area contributed by atoms with Crippen LogP contribution in [0.1, 0.15) is 30.3 Å². The summed E-state index contributed by atoms with van der Waals surface area (Å²) in [4.78, 5) is 30.9. The summed E-state index contributed by atoms with van der Waals surface area (Å²) in [5.41, 5.74) is 5.90. The van der Waals surface area contributed by atoms with Gasteiger partial charge < -0.3 is 14.7 Å². The normalized spacial score (nSPS) is 18.2. The number of nitrogens with zero attached hydrogens (tertiary/aromatic N) is 7. The summed E-state index contributed by atoms with van der Waals surface area (Å²) in [5.74, 6) is 0.615. The van der Waals surface area contributed by atoms with Gasteiger partial charge in [-0.1, -0.05) is 6.92 Å². The number of carbonyl (C=O) groups excluding carboxylic acids is 1. The van der Waals surface area contributed by atoms with Gasteiger partial charge in [-0.3, -0.25) is 20.1 Å². The van der Waals surface area contributed by atoms with E-state index in [4.69, 9.17) is 0 Å². The van der Waals surface area contributed by atoms with Gasteiger partial charge in [0.1, 0.15) is 11.5 Å². The maximum absolute atomic E-state index is 12.8. The summed E-state index contributed by atoms with van der Waals surface area (Å²) in [6.45, 7) is 10.3. The molecule has 0 radical (unpaired) electrons. The average Bonchev–Trinajstić information content (AvgIpc) is 3.27. The Morgan fingerprint density at radius 1 is 1.06 bits per heavy atom. The van der Waals surface area contributed by atoms with Crippen LogP contribution in [0.25, 0.3) is 10.9 Å². The third-order valence-corrected chi connectivity index (χ3v) is 7.40. The molecule has 0 aromatic carbocycles. The number of nitrogens with one attached hydrogen (secondary N) is 1. The Balaban J connectivity index is 1.24. The lowest BCUT2D eigenvalue weighted by molar-refractivity contribution is 0.0819. The number of piperidine rings is 1. The van der Waals surface area contributed by atoms with Gasteiger partial charge in [0.05, 0.1) is 17.4 Å². The smallest absolute Gasteiger partial charge is 0.271 e. The van der Waals surface area contributed by atoms with E-state index >= 15 is 0 Å². The molecule has 0 atom stereocenters. The number of aromatic nitrogens is 3. The van der Waals surface area contributed by atoms with Crippen LogP contribution in [0.5, 0.6) is 0 Å². The van der Waals surface area contributed by atoms with Crippen molar-refractivity contribution in [2.75, 3.05) is 70.2 Å². The van der Waals surface area contributed by atoms with Crippen molar-refractivity contribution in [3.8, 4) is 0 Å². The standard InChI is InChI=1S/C26H36N8O/c1-4-31-13-15-33(16-14-31)21-8-11-32(12-9-21)22-5-6-25(28-19-22)29-34-23-7-10-27-18-20(23)17-24(34)26(35)30(2)3/h5-7,10,17-19,21H,4,8-9,11-16H2,1-3H3,(H,28,29). The molecular formula is C26H36N8O. The monoisotopic (exact) mass is 476 g/mol. The Morgan fingerprint density at radius 2 is 1.83 bits per heavy atom. The number of hydrogen-bond acceptors (Lipinski definition) is 7. The molecule has 1 N–H and O–H groups in total. The Bertz CT molecular complexity index is 1140. The van der Waals surface area contributed by atoms with E-state index in [0.29, 0.717) is 17.6 Å². The van der Waals surface area contributed by atoms with Gasteiger partial charge in [0.2, 0.25) is 0 Å². The zero-order valence-corrected chi connectivity index (χ0v) is 21.0. The maximum atomic E-state index is 12.8. The highest BCUT2D eigenvalue weighted by Gasteiger charge is 2.27. The molecule has 0 unspecified atom stereocenters. The number of anilines is 2. The first-order chi connectivity index (χ1) is 17.0. The van der Waals surface area contributed by atoms with Crippen LogP contribution in [-0.2, 0) is 0 Å². The van der Waals surface area contributed by atoms with E-state index in [1.165, 1.54) is 39.0 Å². The van der Waals surface area contributed by atoms with E-state index in [1.807, 2.05) is 24.4 Å². The molecule has 1 amide bonds. The van der Waals surface area contributed by atoms with Gasteiger partial charge in [-0.15, -0.1) is 0 Å². The third-order valence-electron chi connectivity index (χ3n) is 7.40. The molecule has 35 heavy (non-hydrogen) atoms. The third kappa shape index (κ3) is 4.97. The molecule has 9 heteroatoms. The summed E-state index contributed by atoms with van der Waals surface area (Å²) in [6, 6.07) is 8.56. The number of likely N-dealkylation sites (N-methyl/N-ethyl adjacent to an activating group) is 1. The van der Waals surface area contributed by atoms with E-state index < -0.39 is 0 Å². The van der Waals surface area contributed by atoms with Crippen LogP contribution in [0.3, 0.4) is 0 Å². The summed E-state index contributed by atoms with van der Waals surface area (Å²) in [7, 11) is 3.51. The molecule has 0 spiro atoms. The minimum absolute atomic E-state index is 0.0794. The fourth-order valence-electron chi connectivity index (χ4n) is 5.25. The quantitative estimate of drug-likeness (QED) is 0.586. The van der Waals surface area contributed by atoms with Gasteiger partial charge in [0.25, 0.3) is 5.91 Å². The topological polar surface area (TPSA) is 72.8 Å². The minimum Gasteiger partial charge on any atom is -0.370 e. The van der Waals surface area contributed by atoms with Gasteiger partial charge in [0, 0.05) is 77.2 Å². The predicted molar refractivity (Wildman–Crippen MR) is 140 cm³/mol. The van der Waals surface area contributed by atoms with Crippen molar-refractivity contribution in [1.29, 1.82) is 0 Å². The van der Waals surface area contributed by atoms with E-state index in [-0.39, 0.29) is 5.91 Å². The molecule has 3 aromatic rings. The lowest BCUT2D eigenvalue weighted by Gasteiger charge is -2.43. The van der Waals surface area contributed by atoms with Crippen LogP contribution in [0, 0.1) is 0 Å². The molecule has 3 aromatic heterocycles. The Morgan fingerprint density at radius 3 is 2.49 bits per heavy atom. The van der Waals surface area contributed by atoms with Crippen LogP contribution < -0.4 is 10.3 Å². The molecule has 2 saturated heterocycles. The molecule has 5 rings (SSSR count). The van der Waals surface area contributed by atoms with Gasteiger partial charge in [0.15, 0.2) is 0 Å². The first-order valence-corrected chi connectivity index (χ1v) is 12.6. The van der Waals surface area contributed by atoms with Crippen molar-refractivity contribution in [2.24, 2.45) is 0 Å². The van der Waals surface area contributed by atoms with Crippen molar-refractivity contribution < 1.29 is 4.79 Å². The summed E-state index contributed by atoms with van der Waals surface area (Å²) in [6.07, 6.45) is 7.83. The second-order valence-electron chi connectivity index (χ2n) is 9.70. The zero-order valence-electron chi connectivity index (χ0n) is 21.0. The van der Waals surface area contributed by atoms with Crippen molar-refractivity contribution in [3.05, 3.63) is 48.5 Å². The van der Waals surface area contributed by atoms with Crippen LogP contribution in [0.2, 0.25) is 0 Å². The highest BCUT2D eigenvalue weighted by atomic mass is 16.2. The SMILES string of the molecule is CCN1CCN(C2CCN(c3ccc(Nn4c(C(=O)N(C)C)cc5cnccc54)nc3)CC2)CC1. The number of amides is 1. The van der Waals surface area contributed by atoms with E-state index in [0.717, 1.165) is 36.2 Å². The Labute approximate surface area is 207 Å². The molecule has 5 heterocycles. The number of hydrogen-bond donors (Lipinski definition) is 1. The van der Waals surface area contributed by atoms with E-state index in [1.54, 1.807) is 36.1 Å². The lowest BCUT2D eigenvalue weighted by Crippen LogP contribution is -2.53. The molecule has 0 aliphatic carbocycles. The summed E-state index contributed by atoms with van der Waals surface area (Å²) in [5, 5.41) is 0.904. The van der Waals surface area contributed by atoms with Crippen LogP contribution in [0.15, 0.2) is 42.9 Å². The number of rotatable bonds is 6. The van der Waals surface area contributed by atoms with Crippen molar-refractivity contribution in [2.45, 2.75) is 25.8 Å². The molecule has 0 bridgehead atoms.